The van der Waals surface area contributed by atoms with Crippen molar-refractivity contribution in [1.82, 2.24) is 0 Å². The molecule has 4 heteroatoms. The maximum absolute atomic E-state index is 12.1. The number of nitrogens with zero attached hydrogens (tertiary/aromatic N) is 1. The van der Waals surface area contributed by atoms with Crippen LogP contribution < -0.4 is 4.90 Å². The zero-order chi connectivity index (χ0) is 13.8. The molecule has 0 aliphatic carbocycles. The van der Waals surface area contributed by atoms with Gasteiger partial charge in [-0.1, -0.05) is 24.3 Å². The zero-order valence-corrected chi connectivity index (χ0v) is 10.9. The molecule has 0 aromatic heterocycles. The average Bonchev–Trinajstić information content (AvgIpc) is 2.54. The topological polar surface area (TPSA) is 57.6 Å². The van der Waals surface area contributed by atoms with Crippen molar-refractivity contribution in [2.45, 2.75) is 26.2 Å². The molecule has 100 valence electrons. The van der Waals surface area contributed by atoms with E-state index in [0.717, 1.165) is 24.1 Å². The van der Waals surface area contributed by atoms with Crippen LogP contribution in [0.2, 0.25) is 0 Å². The Morgan fingerprint density at radius 2 is 2.11 bits per heavy atom. The molecule has 0 spiro atoms. The molecular weight excluding hydrogens is 242 g/mol. The summed E-state index contributed by atoms with van der Waals surface area (Å²) in [4.78, 5) is 24.6. The van der Waals surface area contributed by atoms with Gasteiger partial charge in [-0.25, -0.2) is 4.79 Å². The van der Waals surface area contributed by atoms with E-state index >= 15 is 0 Å². The van der Waals surface area contributed by atoms with Crippen molar-refractivity contribution in [1.29, 1.82) is 0 Å². The van der Waals surface area contributed by atoms with Gasteiger partial charge < -0.3 is 10.0 Å². The number of amides is 1. The number of fused-ring (bicyclic) bond motifs is 1. The lowest BCUT2D eigenvalue weighted by molar-refractivity contribution is -0.132. The van der Waals surface area contributed by atoms with E-state index in [0.29, 0.717) is 13.0 Å². The van der Waals surface area contributed by atoms with E-state index in [1.54, 1.807) is 11.0 Å². The number of anilines is 1. The SMILES string of the molecule is CC(=CCN1C(=O)CCCc2ccccc21)C(=O)O. The number of aryl methyl sites for hydroxylation is 1. The van der Waals surface area contributed by atoms with E-state index in [4.69, 9.17) is 5.11 Å². The maximum atomic E-state index is 12.1. The minimum atomic E-state index is -0.949. The predicted octanol–water partition coefficient (Wildman–Crippen LogP) is 2.39. The van der Waals surface area contributed by atoms with Crippen molar-refractivity contribution < 1.29 is 14.7 Å². The van der Waals surface area contributed by atoms with Crippen LogP contribution in [0.1, 0.15) is 25.3 Å². The van der Waals surface area contributed by atoms with Crippen molar-refractivity contribution in [3.05, 3.63) is 41.5 Å². The van der Waals surface area contributed by atoms with E-state index in [-0.39, 0.29) is 11.5 Å². The number of benzene rings is 1. The standard InChI is InChI=1S/C15H17NO3/c1-11(15(18)19)9-10-16-13-7-3-2-5-12(13)6-4-8-14(16)17/h2-3,5,7,9H,4,6,8,10H2,1H3,(H,18,19). The van der Waals surface area contributed by atoms with Crippen molar-refractivity contribution in [3.8, 4) is 0 Å². The van der Waals surface area contributed by atoms with Crippen molar-refractivity contribution >= 4 is 17.6 Å². The van der Waals surface area contributed by atoms with Gasteiger partial charge in [0, 0.05) is 24.2 Å². The molecule has 1 aliphatic heterocycles. The summed E-state index contributed by atoms with van der Waals surface area (Å²) in [6, 6.07) is 7.81. The lowest BCUT2D eigenvalue weighted by Gasteiger charge is -2.21. The Morgan fingerprint density at radius 1 is 1.37 bits per heavy atom. The largest absolute Gasteiger partial charge is 0.478 e. The number of carboxylic acid groups (broad SMARTS) is 1. The fourth-order valence-corrected chi connectivity index (χ4v) is 2.20. The van der Waals surface area contributed by atoms with Gasteiger partial charge in [0.2, 0.25) is 5.91 Å². The molecule has 0 saturated heterocycles. The lowest BCUT2D eigenvalue weighted by Crippen LogP contribution is -2.30. The van der Waals surface area contributed by atoms with Crippen LogP contribution in [0.3, 0.4) is 0 Å². The summed E-state index contributed by atoms with van der Waals surface area (Å²) in [5, 5.41) is 8.86. The van der Waals surface area contributed by atoms with Gasteiger partial charge in [-0.3, -0.25) is 4.79 Å². The average molecular weight is 259 g/mol. The first kappa shape index (κ1) is 13.3. The van der Waals surface area contributed by atoms with E-state index < -0.39 is 5.97 Å². The number of carbonyl (C=O) groups excluding carboxylic acids is 1. The first-order valence-electron chi connectivity index (χ1n) is 6.38. The van der Waals surface area contributed by atoms with Gasteiger partial charge in [0.15, 0.2) is 0 Å². The van der Waals surface area contributed by atoms with Crippen molar-refractivity contribution in [2.24, 2.45) is 0 Å². The fraction of sp³-hybridized carbons (Fsp3) is 0.333. The second-order valence-electron chi connectivity index (χ2n) is 4.68. The first-order chi connectivity index (χ1) is 9.09. The van der Waals surface area contributed by atoms with Crippen LogP contribution in [0.4, 0.5) is 5.69 Å². The molecule has 1 aliphatic rings. The molecule has 1 aromatic carbocycles. The molecule has 4 nitrogen and oxygen atoms in total. The molecule has 0 unspecified atom stereocenters. The molecule has 0 radical (unpaired) electrons. The predicted molar refractivity (Wildman–Crippen MR) is 73.1 cm³/mol. The number of hydrogen-bond acceptors (Lipinski definition) is 2. The number of aliphatic carboxylic acids is 1. The molecule has 1 N–H and O–H groups in total. The fourth-order valence-electron chi connectivity index (χ4n) is 2.20. The second kappa shape index (κ2) is 5.69. The summed E-state index contributed by atoms with van der Waals surface area (Å²) < 4.78 is 0. The molecule has 0 bridgehead atoms. The Hall–Kier alpha value is -2.10. The summed E-state index contributed by atoms with van der Waals surface area (Å²) in [5.74, 6) is -0.894. The van der Waals surface area contributed by atoms with Crippen LogP contribution in [0.15, 0.2) is 35.9 Å². The summed E-state index contributed by atoms with van der Waals surface area (Å²) in [6.07, 6.45) is 3.82. The van der Waals surface area contributed by atoms with Crippen LogP contribution in [-0.4, -0.2) is 23.5 Å². The van der Waals surface area contributed by atoms with Gasteiger partial charge in [0.1, 0.15) is 0 Å². The molecule has 0 fully saturated rings. The Balaban J connectivity index is 2.29. The number of carbonyl (C=O) groups is 2. The highest BCUT2D eigenvalue weighted by atomic mass is 16.4. The Kier molecular flexibility index (Phi) is 4.00. The van der Waals surface area contributed by atoms with Gasteiger partial charge in [-0.05, 0) is 31.4 Å². The third kappa shape index (κ3) is 3.02. The lowest BCUT2D eigenvalue weighted by atomic mass is 10.1. The summed E-state index contributed by atoms with van der Waals surface area (Å²) >= 11 is 0. The van der Waals surface area contributed by atoms with Crippen LogP contribution in [0.5, 0.6) is 0 Å². The minimum Gasteiger partial charge on any atom is -0.478 e. The summed E-state index contributed by atoms with van der Waals surface area (Å²) in [7, 11) is 0. The van der Waals surface area contributed by atoms with Gasteiger partial charge >= 0.3 is 5.97 Å². The van der Waals surface area contributed by atoms with Gasteiger partial charge in [-0.2, -0.15) is 0 Å². The smallest absolute Gasteiger partial charge is 0.331 e. The highest BCUT2D eigenvalue weighted by Crippen LogP contribution is 2.26. The quantitative estimate of drug-likeness (QED) is 0.848. The third-order valence-corrected chi connectivity index (χ3v) is 3.34. The van der Waals surface area contributed by atoms with E-state index in [2.05, 4.69) is 0 Å². The molecule has 2 rings (SSSR count). The molecular formula is C15H17NO3. The number of rotatable bonds is 3. The van der Waals surface area contributed by atoms with E-state index in [9.17, 15) is 9.59 Å². The van der Waals surface area contributed by atoms with Crippen LogP contribution in [-0.2, 0) is 16.0 Å². The minimum absolute atomic E-state index is 0.0550. The third-order valence-electron chi connectivity index (χ3n) is 3.34. The molecule has 0 saturated carbocycles. The Bertz CT molecular complexity index is 534. The molecule has 0 atom stereocenters. The summed E-state index contributed by atoms with van der Waals surface area (Å²) in [6.45, 7) is 1.85. The van der Waals surface area contributed by atoms with Crippen LogP contribution >= 0.6 is 0 Å². The van der Waals surface area contributed by atoms with Crippen LogP contribution in [0.25, 0.3) is 0 Å². The number of carboxylic acids is 1. The van der Waals surface area contributed by atoms with Gasteiger partial charge in [-0.15, -0.1) is 0 Å². The zero-order valence-electron chi connectivity index (χ0n) is 10.9. The highest BCUT2D eigenvalue weighted by molar-refractivity contribution is 5.95. The van der Waals surface area contributed by atoms with Crippen LogP contribution in [0, 0.1) is 0 Å². The monoisotopic (exact) mass is 259 g/mol. The maximum Gasteiger partial charge on any atom is 0.331 e. The second-order valence-corrected chi connectivity index (χ2v) is 4.68. The summed E-state index contributed by atoms with van der Waals surface area (Å²) in [5.41, 5.74) is 2.31. The molecule has 1 heterocycles. The molecule has 19 heavy (non-hydrogen) atoms. The van der Waals surface area contributed by atoms with E-state index in [1.807, 2.05) is 24.3 Å². The highest BCUT2D eigenvalue weighted by Gasteiger charge is 2.20. The Morgan fingerprint density at radius 3 is 2.84 bits per heavy atom. The molecule has 1 amide bonds. The van der Waals surface area contributed by atoms with Crippen molar-refractivity contribution in [3.63, 3.8) is 0 Å². The van der Waals surface area contributed by atoms with Crippen molar-refractivity contribution in [2.75, 3.05) is 11.4 Å². The Labute approximate surface area is 112 Å². The first-order valence-corrected chi connectivity index (χ1v) is 6.38. The number of para-hydroxylation sites is 1. The number of hydrogen-bond donors (Lipinski definition) is 1. The van der Waals surface area contributed by atoms with Gasteiger partial charge in [0.05, 0.1) is 0 Å². The van der Waals surface area contributed by atoms with E-state index in [1.165, 1.54) is 6.92 Å². The normalized spacial score (nSPS) is 15.9. The molecule has 1 aromatic rings. The van der Waals surface area contributed by atoms with Gasteiger partial charge in [0.25, 0.3) is 0 Å².